The van der Waals surface area contributed by atoms with Crippen molar-refractivity contribution in [2.24, 2.45) is 0 Å². The summed E-state index contributed by atoms with van der Waals surface area (Å²) in [5.41, 5.74) is -0.115. The van der Waals surface area contributed by atoms with Crippen molar-refractivity contribution in [2.45, 2.75) is 31.6 Å². The number of nitro benzene ring substituents is 1. The number of benzene rings is 1. The van der Waals surface area contributed by atoms with Gasteiger partial charge in [0.2, 0.25) is 0 Å². The molecule has 94 valence electrons. The molecule has 0 aliphatic rings. The van der Waals surface area contributed by atoms with Gasteiger partial charge < -0.3 is 0 Å². The van der Waals surface area contributed by atoms with Crippen LogP contribution in [0.1, 0.15) is 30.9 Å². The molecule has 0 unspecified atom stereocenters. The molecule has 6 nitrogen and oxygen atoms in total. The van der Waals surface area contributed by atoms with E-state index in [1.54, 1.807) is 13.8 Å². The van der Waals surface area contributed by atoms with Gasteiger partial charge in [-0.25, -0.2) is 0 Å². The number of hydrogen-bond acceptors (Lipinski definition) is 4. The smallest absolute Gasteiger partial charge is 0.282 e. The molecule has 0 aliphatic carbocycles. The molecule has 0 aliphatic heterocycles. The van der Waals surface area contributed by atoms with Gasteiger partial charge in [-0.15, -0.1) is 0 Å². The normalized spacial score (nSPS) is 11.8. The summed E-state index contributed by atoms with van der Waals surface area (Å²) in [6.45, 7) is 4.82. The SMILES string of the molecule is Cc1ccc(C(C)C)c(S(=O)(=O)O)c1[N+](=O)[O-]. The summed E-state index contributed by atoms with van der Waals surface area (Å²) in [6.07, 6.45) is 0. The molecule has 0 saturated heterocycles. The van der Waals surface area contributed by atoms with E-state index in [4.69, 9.17) is 4.55 Å². The van der Waals surface area contributed by atoms with Crippen molar-refractivity contribution in [1.29, 1.82) is 0 Å². The molecule has 0 amide bonds. The second kappa shape index (κ2) is 4.42. The van der Waals surface area contributed by atoms with E-state index in [-0.39, 0.29) is 17.0 Å². The van der Waals surface area contributed by atoms with Crippen LogP contribution in [0.25, 0.3) is 0 Å². The molecule has 0 heterocycles. The number of nitro groups is 1. The molecular formula is C10H13NO5S. The Morgan fingerprint density at radius 3 is 2.24 bits per heavy atom. The van der Waals surface area contributed by atoms with Gasteiger partial charge in [0.25, 0.3) is 5.69 Å². The largest absolute Gasteiger partial charge is 0.301 e. The Hall–Kier alpha value is -1.47. The van der Waals surface area contributed by atoms with Crippen molar-refractivity contribution in [2.75, 3.05) is 0 Å². The van der Waals surface area contributed by atoms with Crippen molar-refractivity contribution in [3.63, 3.8) is 0 Å². The minimum Gasteiger partial charge on any atom is -0.282 e. The van der Waals surface area contributed by atoms with Crippen LogP contribution in [0.4, 0.5) is 5.69 Å². The standard InChI is InChI=1S/C10H13NO5S/c1-6(2)8-5-4-7(3)9(11(12)13)10(8)17(14,15)16/h4-6H,1-3H3,(H,14,15,16). The van der Waals surface area contributed by atoms with Crippen LogP contribution >= 0.6 is 0 Å². The van der Waals surface area contributed by atoms with Crippen molar-refractivity contribution >= 4 is 15.8 Å². The maximum atomic E-state index is 11.3. The Bertz CT molecular complexity index is 562. The highest BCUT2D eigenvalue weighted by Crippen LogP contribution is 2.34. The summed E-state index contributed by atoms with van der Waals surface area (Å²) >= 11 is 0. The van der Waals surface area contributed by atoms with Crippen molar-refractivity contribution in [3.8, 4) is 0 Å². The predicted molar refractivity (Wildman–Crippen MR) is 61.7 cm³/mol. The van der Waals surface area contributed by atoms with Gasteiger partial charge in [-0.05, 0) is 18.4 Å². The highest BCUT2D eigenvalue weighted by molar-refractivity contribution is 7.86. The summed E-state index contributed by atoms with van der Waals surface area (Å²) in [4.78, 5) is 9.51. The molecule has 0 spiro atoms. The Kier molecular flexibility index (Phi) is 3.53. The number of rotatable bonds is 3. The van der Waals surface area contributed by atoms with Gasteiger partial charge in [-0.1, -0.05) is 26.0 Å². The maximum Gasteiger partial charge on any atom is 0.301 e. The van der Waals surface area contributed by atoms with Gasteiger partial charge in [-0.3, -0.25) is 14.7 Å². The first-order valence-corrected chi connectivity index (χ1v) is 6.35. The Labute approximate surface area is 99.2 Å². The summed E-state index contributed by atoms with van der Waals surface area (Å²) in [7, 11) is -4.62. The molecule has 7 heteroatoms. The number of aryl methyl sites for hydroxylation is 1. The minimum atomic E-state index is -4.62. The van der Waals surface area contributed by atoms with Crippen LogP contribution in [0.15, 0.2) is 17.0 Å². The summed E-state index contributed by atoms with van der Waals surface area (Å²) < 4.78 is 31.7. The maximum absolute atomic E-state index is 11.3. The van der Waals surface area contributed by atoms with Crippen molar-refractivity contribution < 1.29 is 17.9 Å². The van der Waals surface area contributed by atoms with Crippen LogP contribution in [0, 0.1) is 17.0 Å². The molecule has 1 aromatic carbocycles. The first-order chi connectivity index (χ1) is 7.66. The van der Waals surface area contributed by atoms with E-state index < -0.39 is 25.6 Å². The molecule has 0 radical (unpaired) electrons. The fourth-order valence-corrected chi connectivity index (χ4v) is 2.72. The number of nitrogens with zero attached hydrogens (tertiary/aromatic N) is 1. The lowest BCUT2D eigenvalue weighted by atomic mass is 10.0. The molecule has 1 N–H and O–H groups in total. The Morgan fingerprint density at radius 1 is 1.35 bits per heavy atom. The zero-order valence-corrected chi connectivity index (χ0v) is 10.5. The number of hydrogen-bond donors (Lipinski definition) is 1. The van der Waals surface area contributed by atoms with E-state index >= 15 is 0 Å². The van der Waals surface area contributed by atoms with E-state index in [9.17, 15) is 18.5 Å². The Balaban J connectivity index is 3.82. The predicted octanol–water partition coefficient (Wildman–Crippen LogP) is 2.27. The zero-order valence-electron chi connectivity index (χ0n) is 9.67. The highest BCUT2D eigenvalue weighted by atomic mass is 32.2. The van der Waals surface area contributed by atoms with Gasteiger partial charge >= 0.3 is 10.1 Å². The topological polar surface area (TPSA) is 97.5 Å². The molecular weight excluding hydrogens is 246 g/mol. The summed E-state index contributed by atoms with van der Waals surface area (Å²) in [5.74, 6) is -0.244. The highest BCUT2D eigenvalue weighted by Gasteiger charge is 2.30. The molecule has 0 bridgehead atoms. The van der Waals surface area contributed by atoms with Gasteiger partial charge in [0.15, 0.2) is 4.90 Å². The first-order valence-electron chi connectivity index (χ1n) is 4.91. The summed E-state index contributed by atoms with van der Waals surface area (Å²) in [5, 5.41) is 10.9. The van der Waals surface area contributed by atoms with Gasteiger partial charge in [0, 0.05) is 5.56 Å². The lowest BCUT2D eigenvalue weighted by Crippen LogP contribution is -2.09. The molecule has 17 heavy (non-hydrogen) atoms. The fourth-order valence-electron chi connectivity index (χ4n) is 1.64. The monoisotopic (exact) mass is 259 g/mol. The molecule has 1 aromatic rings. The lowest BCUT2D eigenvalue weighted by Gasteiger charge is -2.12. The van der Waals surface area contributed by atoms with Gasteiger partial charge in [-0.2, -0.15) is 8.42 Å². The second-order valence-corrected chi connectivity index (χ2v) is 5.39. The third-order valence-electron chi connectivity index (χ3n) is 2.43. The van der Waals surface area contributed by atoms with E-state index in [0.29, 0.717) is 0 Å². The van der Waals surface area contributed by atoms with Crippen LogP contribution in [-0.4, -0.2) is 17.9 Å². The molecule has 0 fully saturated rings. The van der Waals surface area contributed by atoms with Crippen LogP contribution in [-0.2, 0) is 10.1 Å². The second-order valence-electron chi connectivity index (χ2n) is 4.04. The zero-order chi connectivity index (χ0) is 13.4. The average Bonchev–Trinajstić information content (AvgIpc) is 2.14. The van der Waals surface area contributed by atoms with E-state index in [0.717, 1.165) is 0 Å². The minimum absolute atomic E-state index is 0.201. The fraction of sp³-hybridized carbons (Fsp3) is 0.400. The van der Waals surface area contributed by atoms with Crippen LogP contribution in [0.3, 0.4) is 0 Å². The van der Waals surface area contributed by atoms with Crippen molar-refractivity contribution in [3.05, 3.63) is 33.4 Å². The van der Waals surface area contributed by atoms with E-state index in [1.165, 1.54) is 19.1 Å². The third kappa shape index (κ3) is 2.62. The van der Waals surface area contributed by atoms with E-state index in [2.05, 4.69) is 0 Å². The molecule has 0 atom stereocenters. The first kappa shape index (κ1) is 13.6. The van der Waals surface area contributed by atoms with E-state index in [1.807, 2.05) is 0 Å². The van der Waals surface area contributed by atoms with Crippen molar-refractivity contribution in [1.82, 2.24) is 0 Å². The molecule has 1 rings (SSSR count). The third-order valence-corrected chi connectivity index (χ3v) is 3.37. The Morgan fingerprint density at radius 2 is 1.88 bits per heavy atom. The van der Waals surface area contributed by atoms with Crippen LogP contribution in [0.5, 0.6) is 0 Å². The van der Waals surface area contributed by atoms with Gasteiger partial charge in [0.05, 0.1) is 4.92 Å². The average molecular weight is 259 g/mol. The molecule has 0 saturated carbocycles. The van der Waals surface area contributed by atoms with Crippen LogP contribution < -0.4 is 0 Å². The van der Waals surface area contributed by atoms with Crippen LogP contribution in [0.2, 0.25) is 0 Å². The summed E-state index contributed by atoms with van der Waals surface area (Å²) in [6, 6.07) is 2.96. The van der Waals surface area contributed by atoms with Gasteiger partial charge in [0.1, 0.15) is 0 Å². The molecule has 0 aromatic heterocycles. The lowest BCUT2D eigenvalue weighted by molar-refractivity contribution is -0.388. The quantitative estimate of drug-likeness (QED) is 0.510.